The van der Waals surface area contributed by atoms with Gasteiger partial charge in [0.05, 0.1) is 12.7 Å². The molecule has 1 spiro atoms. The van der Waals surface area contributed by atoms with E-state index in [1.807, 2.05) is 11.3 Å². The fraction of sp³-hybridized carbons (Fsp3) is 0.765. The van der Waals surface area contributed by atoms with Crippen molar-refractivity contribution in [1.29, 1.82) is 0 Å². The zero-order valence-corrected chi connectivity index (χ0v) is 13.4. The molecule has 2 aliphatic rings. The van der Waals surface area contributed by atoms with Crippen LogP contribution in [0, 0.1) is 5.41 Å². The Hall–Kier alpha value is -0.380. The van der Waals surface area contributed by atoms with Crippen molar-refractivity contribution in [2.75, 3.05) is 6.54 Å². The van der Waals surface area contributed by atoms with Crippen molar-refractivity contribution >= 4 is 11.3 Å². The molecule has 3 rings (SSSR count). The summed E-state index contributed by atoms with van der Waals surface area (Å²) >= 11 is 1.81. The van der Waals surface area contributed by atoms with Gasteiger partial charge in [-0.25, -0.2) is 0 Å². The Morgan fingerprint density at radius 3 is 2.75 bits per heavy atom. The lowest BCUT2D eigenvalue weighted by Crippen LogP contribution is -2.63. The third kappa shape index (κ3) is 2.81. The minimum atomic E-state index is 0.434. The van der Waals surface area contributed by atoms with E-state index in [1.165, 1.54) is 49.8 Å². The van der Waals surface area contributed by atoms with Crippen LogP contribution >= 0.6 is 11.3 Å². The highest BCUT2D eigenvalue weighted by Gasteiger charge is 2.54. The molecular formula is C17H27NOS. The van der Waals surface area contributed by atoms with Gasteiger partial charge in [0, 0.05) is 16.3 Å². The Balaban J connectivity index is 1.64. The van der Waals surface area contributed by atoms with Crippen molar-refractivity contribution in [3.8, 4) is 0 Å². The minimum Gasteiger partial charge on any atom is -0.372 e. The van der Waals surface area contributed by atoms with Crippen molar-refractivity contribution in [2.24, 2.45) is 5.41 Å². The molecule has 1 aromatic rings. The second-order valence-corrected chi connectivity index (χ2v) is 7.40. The average Bonchev–Trinajstić information content (AvgIpc) is 2.83. The predicted molar refractivity (Wildman–Crippen MR) is 85.1 cm³/mol. The molecule has 2 saturated carbocycles. The molecule has 2 unspecified atom stereocenters. The van der Waals surface area contributed by atoms with E-state index in [9.17, 15) is 0 Å². The van der Waals surface area contributed by atoms with Crippen LogP contribution < -0.4 is 5.32 Å². The highest BCUT2D eigenvalue weighted by Crippen LogP contribution is 2.52. The fourth-order valence-electron chi connectivity index (χ4n) is 4.15. The highest BCUT2D eigenvalue weighted by atomic mass is 32.1. The van der Waals surface area contributed by atoms with Crippen LogP contribution in [0.5, 0.6) is 0 Å². The van der Waals surface area contributed by atoms with Gasteiger partial charge in [0.1, 0.15) is 0 Å². The zero-order chi connectivity index (χ0) is 13.8. The molecule has 0 amide bonds. The lowest BCUT2D eigenvalue weighted by atomic mass is 9.57. The van der Waals surface area contributed by atoms with E-state index >= 15 is 0 Å². The van der Waals surface area contributed by atoms with Gasteiger partial charge >= 0.3 is 0 Å². The molecule has 2 aliphatic carbocycles. The second-order valence-electron chi connectivity index (χ2n) is 6.37. The summed E-state index contributed by atoms with van der Waals surface area (Å²) in [5, 5.41) is 5.86. The summed E-state index contributed by atoms with van der Waals surface area (Å²) in [6.45, 7) is 4.12. The Morgan fingerprint density at radius 1 is 1.30 bits per heavy atom. The first-order chi connectivity index (χ1) is 9.85. The van der Waals surface area contributed by atoms with E-state index in [-0.39, 0.29) is 0 Å². The minimum absolute atomic E-state index is 0.434. The van der Waals surface area contributed by atoms with Gasteiger partial charge in [-0.2, -0.15) is 0 Å². The number of ether oxygens (including phenoxy) is 1. The summed E-state index contributed by atoms with van der Waals surface area (Å²) in [4.78, 5) is 1.36. The summed E-state index contributed by atoms with van der Waals surface area (Å²) in [6, 6.07) is 5.00. The summed E-state index contributed by atoms with van der Waals surface area (Å²) in [5.41, 5.74) is 0.434. The fourth-order valence-corrected chi connectivity index (χ4v) is 4.77. The van der Waals surface area contributed by atoms with Gasteiger partial charge in [-0.05, 0) is 37.3 Å². The molecule has 3 heteroatoms. The maximum Gasteiger partial charge on any atom is 0.0813 e. The molecule has 0 saturated heterocycles. The Kier molecular flexibility index (Phi) is 4.79. The zero-order valence-electron chi connectivity index (χ0n) is 12.6. The molecule has 2 nitrogen and oxygen atoms in total. The maximum atomic E-state index is 6.32. The first-order valence-corrected chi connectivity index (χ1v) is 9.10. The van der Waals surface area contributed by atoms with E-state index < -0.39 is 0 Å². The molecule has 0 radical (unpaired) electrons. The number of hydrogen-bond acceptors (Lipinski definition) is 3. The first-order valence-electron chi connectivity index (χ1n) is 8.22. The van der Waals surface area contributed by atoms with Crippen molar-refractivity contribution in [1.82, 2.24) is 5.32 Å². The number of hydrogen-bond donors (Lipinski definition) is 1. The summed E-state index contributed by atoms with van der Waals surface area (Å²) in [6.07, 6.45) is 10.0. The van der Waals surface area contributed by atoms with E-state index in [0.717, 1.165) is 13.2 Å². The second kappa shape index (κ2) is 6.59. The molecule has 20 heavy (non-hydrogen) atoms. The van der Waals surface area contributed by atoms with Crippen LogP contribution in [0.25, 0.3) is 0 Å². The molecule has 2 fully saturated rings. The van der Waals surface area contributed by atoms with Crippen LogP contribution in [0.3, 0.4) is 0 Å². The van der Waals surface area contributed by atoms with E-state index in [4.69, 9.17) is 4.74 Å². The SMILES string of the molecule is CCNC1CC(OCc2cccs2)C12CCCCCC2. The third-order valence-electron chi connectivity index (χ3n) is 5.28. The Morgan fingerprint density at radius 2 is 2.10 bits per heavy atom. The summed E-state index contributed by atoms with van der Waals surface area (Å²) < 4.78 is 6.32. The topological polar surface area (TPSA) is 21.3 Å². The van der Waals surface area contributed by atoms with Crippen LogP contribution in [-0.2, 0) is 11.3 Å². The molecule has 1 heterocycles. The van der Waals surface area contributed by atoms with Gasteiger partial charge in [-0.15, -0.1) is 11.3 Å². The number of rotatable bonds is 5. The Labute approximate surface area is 126 Å². The van der Waals surface area contributed by atoms with E-state index in [0.29, 0.717) is 17.6 Å². The van der Waals surface area contributed by atoms with Crippen molar-refractivity contribution < 1.29 is 4.74 Å². The van der Waals surface area contributed by atoms with Crippen molar-refractivity contribution in [3.05, 3.63) is 22.4 Å². The van der Waals surface area contributed by atoms with Crippen LogP contribution in [-0.4, -0.2) is 18.7 Å². The van der Waals surface area contributed by atoms with Crippen molar-refractivity contribution in [2.45, 2.75) is 70.6 Å². The Bertz CT molecular complexity index is 395. The molecule has 0 bridgehead atoms. The van der Waals surface area contributed by atoms with E-state index in [1.54, 1.807) is 0 Å². The van der Waals surface area contributed by atoms with Crippen molar-refractivity contribution in [3.63, 3.8) is 0 Å². The average molecular weight is 293 g/mol. The van der Waals surface area contributed by atoms with Gasteiger partial charge in [-0.1, -0.05) is 38.7 Å². The first kappa shape index (κ1) is 14.6. The maximum absolute atomic E-state index is 6.32. The molecule has 1 aromatic heterocycles. The molecule has 0 aromatic carbocycles. The molecule has 112 valence electrons. The largest absolute Gasteiger partial charge is 0.372 e. The molecule has 2 atom stereocenters. The van der Waals surface area contributed by atoms with Gasteiger partial charge in [-0.3, -0.25) is 0 Å². The lowest BCUT2D eigenvalue weighted by Gasteiger charge is -2.56. The lowest BCUT2D eigenvalue weighted by molar-refractivity contribution is -0.149. The van der Waals surface area contributed by atoms with E-state index in [2.05, 4.69) is 29.8 Å². The third-order valence-corrected chi connectivity index (χ3v) is 6.13. The van der Waals surface area contributed by atoms with Gasteiger partial charge in [0.25, 0.3) is 0 Å². The van der Waals surface area contributed by atoms with Crippen LogP contribution in [0.2, 0.25) is 0 Å². The van der Waals surface area contributed by atoms with Crippen LogP contribution in [0.15, 0.2) is 17.5 Å². The quantitative estimate of drug-likeness (QED) is 0.871. The van der Waals surface area contributed by atoms with Crippen LogP contribution in [0.4, 0.5) is 0 Å². The molecule has 1 N–H and O–H groups in total. The number of nitrogens with one attached hydrogen (secondary N) is 1. The van der Waals surface area contributed by atoms with Gasteiger partial charge < -0.3 is 10.1 Å². The monoisotopic (exact) mass is 293 g/mol. The smallest absolute Gasteiger partial charge is 0.0813 e. The van der Waals surface area contributed by atoms with Gasteiger partial charge in [0.15, 0.2) is 0 Å². The summed E-state index contributed by atoms with van der Waals surface area (Å²) in [7, 11) is 0. The van der Waals surface area contributed by atoms with Gasteiger partial charge in [0.2, 0.25) is 0 Å². The van der Waals surface area contributed by atoms with Crippen LogP contribution in [0.1, 0.15) is 56.7 Å². The standard InChI is InChI=1S/C17H27NOS/c1-2-18-15-12-16(19-13-14-8-7-11-20-14)17(15)9-5-3-4-6-10-17/h7-8,11,15-16,18H,2-6,9-10,12-13H2,1H3. The highest BCUT2D eigenvalue weighted by molar-refractivity contribution is 7.09. The molecular weight excluding hydrogens is 266 g/mol. The summed E-state index contributed by atoms with van der Waals surface area (Å²) in [5.74, 6) is 0. The predicted octanol–water partition coefficient (Wildman–Crippen LogP) is 4.36. The normalized spacial score (nSPS) is 29.1. The molecule has 0 aliphatic heterocycles. The number of thiophene rings is 1.